The molecular weight excluding hydrogens is 314 g/mol. The van der Waals surface area contributed by atoms with Gasteiger partial charge in [0.15, 0.2) is 17.1 Å². The minimum Gasteiger partial charge on any atom is -0.446 e. The summed E-state index contributed by atoms with van der Waals surface area (Å²) in [7, 11) is 4.51. The average Bonchev–Trinajstić information content (AvgIpc) is 2.56. The Morgan fingerprint density at radius 2 is 2.00 bits per heavy atom. The van der Waals surface area contributed by atoms with Crippen LogP contribution in [-0.2, 0) is 7.05 Å². The van der Waals surface area contributed by atoms with Crippen LogP contribution < -0.4 is 21.2 Å². The van der Waals surface area contributed by atoms with Gasteiger partial charge in [-0.2, -0.15) is 0 Å². The summed E-state index contributed by atoms with van der Waals surface area (Å²) in [4.78, 5) is 41.3. The predicted octanol–water partition coefficient (Wildman–Crippen LogP) is 1.18. The Morgan fingerprint density at radius 1 is 1.29 bits per heavy atom. The third-order valence-corrected chi connectivity index (χ3v) is 3.53. The molecule has 0 fully saturated rings. The van der Waals surface area contributed by atoms with Gasteiger partial charge in [0.05, 0.1) is 17.8 Å². The third kappa shape index (κ3) is 2.21. The maximum absolute atomic E-state index is 12.4. The lowest BCUT2D eigenvalue weighted by Gasteiger charge is -2.24. The summed E-state index contributed by atoms with van der Waals surface area (Å²) in [6.45, 7) is 7.17. The molecule has 0 saturated heterocycles. The number of aromatic amines is 1. The zero-order valence-electron chi connectivity index (χ0n) is 13.1. The summed E-state index contributed by atoms with van der Waals surface area (Å²) >= 11 is 0. The van der Waals surface area contributed by atoms with Crippen LogP contribution in [-0.4, -0.2) is 34.7 Å². The Bertz CT molecular complexity index is 1030. The Labute approximate surface area is 135 Å². The fraction of sp³-hybridized carbons (Fsp3) is 0.200. The van der Waals surface area contributed by atoms with Gasteiger partial charge in [-0.1, -0.05) is 0 Å². The van der Waals surface area contributed by atoms with E-state index in [2.05, 4.69) is 15.3 Å². The number of aromatic nitrogens is 2. The predicted molar refractivity (Wildman–Crippen MR) is 86.4 cm³/mol. The van der Waals surface area contributed by atoms with E-state index >= 15 is 0 Å². The first kappa shape index (κ1) is 15.4. The van der Waals surface area contributed by atoms with Crippen LogP contribution >= 0.6 is 0 Å². The van der Waals surface area contributed by atoms with Crippen molar-refractivity contribution in [1.29, 1.82) is 0 Å². The number of nitrogens with zero attached hydrogens (tertiary/aromatic N) is 3. The number of amides is 1. The normalized spacial score (nSPS) is 11.4. The summed E-state index contributed by atoms with van der Waals surface area (Å²) in [5.41, 5.74) is -0.551. The van der Waals surface area contributed by atoms with E-state index in [1.165, 1.54) is 24.1 Å². The van der Waals surface area contributed by atoms with E-state index in [1.807, 2.05) is 0 Å². The molecule has 0 atom stereocenters. The van der Waals surface area contributed by atoms with Crippen molar-refractivity contribution in [1.82, 2.24) is 14.7 Å². The first-order valence-electron chi connectivity index (χ1n) is 6.88. The number of carbonyl (C=O) groups excluding carboxylic acids is 1. The second-order valence-corrected chi connectivity index (χ2v) is 5.42. The van der Waals surface area contributed by atoms with Gasteiger partial charge in [-0.3, -0.25) is 24.2 Å². The number of H-pyrrole nitrogens is 1. The van der Waals surface area contributed by atoms with Crippen molar-refractivity contribution in [3.63, 3.8) is 0 Å². The van der Waals surface area contributed by atoms with Crippen LogP contribution in [0.5, 0.6) is 11.5 Å². The van der Waals surface area contributed by atoms with Gasteiger partial charge in [0.1, 0.15) is 0 Å². The Balaban J connectivity index is 2.28. The lowest BCUT2D eigenvalue weighted by atomic mass is 10.1. The first-order valence-corrected chi connectivity index (χ1v) is 6.88. The number of carbonyl (C=O) groups is 1. The van der Waals surface area contributed by atoms with Crippen molar-refractivity contribution in [3.8, 4) is 11.5 Å². The molecule has 2 heterocycles. The highest BCUT2D eigenvalue weighted by atomic mass is 16.5. The third-order valence-electron chi connectivity index (χ3n) is 3.53. The monoisotopic (exact) mass is 327 g/mol. The van der Waals surface area contributed by atoms with Gasteiger partial charge < -0.3 is 15.0 Å². The molecule has 0 saturated carbocycles. The smallest absolute Gasteiger partial charge is 0.310 e. The molecule has 1 aromatic heterocycles. The minimum absolute atomic E-state index is 0.0593. The number of hydrogen-bond donors (Lipinski definition) is 2. The molecule has 122 valence electrons. The van der Waals surface area contributed by atoms with Crippen LogP contribution in [0.15, 0.2) is 21.7 Å². The van der Waals surface area contributed by atoms with Crippen LogP contribution in [0.25, 0.3) is 4.85 Å². The Kier molecular flexibility index (Phi) is 3.38. The van der Waals surface area contributed by atoms with Crippen molar-refractivity contribution >= 4 is 23.0 Å². The molecule has 0 unspecified atom stereocenters. The lowest BCUT2D eigenvalue weighted by molar-refractivity contribution is 0.0825. The van der Waals surface area contributed by atoms with E-state index in [-0.39, 0.29) is 40.0 Å². The molecule has 9 nitrogen and oxygen atoms in total. The molecule has 1 aliphatic heterocycles. The molecular formula is C15H13N5O4. The van der Waals surface area contributed by atoms with Crippen LogP contribution in [0.1, 0.15) is 10.4 Å². The highest BCUT2D eigenvalue weighted by molar-refractivity contribution is 6.01. The number of ether oxygens (including phenoxy) is 1. The van der Waals surface area contributed by atoms with Gasteiger partial charge in [-0.25, -0.2) is 4.85 Å². The van der Waals surface area contributed by atoms with Gasteiger partial charge in [0.2, 0.25) is 5.75 Å². The highest BCUT2D eigenvalue weighted by Gasteiger charge is 2.28. The second-order valence-electron chi connectivity index (χ2n) is 5.42. The quantitative estimate of drug-likeness (QED) is 0.654. The van der Waals surface area contributed by atoms with Gasteiger partial charge in [0.25, 0.3) is 11.5 Å². The SMILES string of the molecule is [C-]#[N+]c1cc2c(c(C(=O)N(C)C)c1)Oc1c(c(=O)[nH]n(C)c1=O)N2. The molecule has 2 aromatic rings. The van der Waals surface area contributed by atoms with E-state index in [4.69, 9.17) is 11.3 Å². The Morgan fingerprint density at radius 3 is 2.62 bits per heavy atom. The molecule has 1 aliphatic rings. The maximum Gasteiger partial charge on any atom is 0.310 e. The van der Waals surface area contributed by atoms with E-state index in [0.717, 1.165) is 4.68 Å². The van der Waals surface area contributed by atoms with Crippen LogP contribution in [0.2, 0.25) is 0 Å². The molecule has 1 amide bonds. The molecule has 0 bridgehead atoms. The summed E-state index contributed by atoms with van der Waals surface area (Å²) in [6.07, 6.45) is 0. The number of hydrogen-bond acceptors (Lipinski definition) is 5. The van der Waals surface area contributed by atoms with E-state index in [1.54, 1.807) is 14.1 Å². The van der Waals surface area contributed by atoms with E-state index < -0.39 is 11.1 Å². The van der Waals surface area contributed by atoms with Crippen molar-refractivity contribution < 1.29 is 9.53 Å². The van der Waals surface area contributed by atoms with Crippen LogP contribution in [0.4, 0.5) is 17.1 Å². The first-order chi connectivity index (χ1) is 11.3. The standard InChI is InChI=1S/C15H13N5O4/c1-16-7-5-8(14(22)19(2)3)11-9(6-7)17-10-12(24-11)15(23)20(4)18-13(10)21/h5-6,17H,2-4H3,(H,18,21). The number of nitrogens with one attached hydrogen (secondary N) is 2. The Hall–Kier alpha value is -3.54. The minimum atomic E-state index is -0.555. The highest BCUT2D eigenvalue weighted by Crippen LogP contribution is 2.43. The summed E-state index contributed by atoms with van der Waals surface area (Å²) in [5.74, 6) is -0.475. The van der Waals surface area contributed by atoms with Gasteiger partial charge >= 0.3 is 5.56 Å². The molecule has 0 radical (unpaired) electrons. The number of anilines is 2. The van der Waals surface area contributed by atoms with Crippen LogP contribution in [0.3, 0.4) is 0 Å². The summed E-state index contributed by atoms with van der Waals surface area (Å²) in [6, 6.07) is 2.84. The number of fused-ring (bicyclic) bond motifs is 2. The molecule has 2 N–H and O–H groups in total. The fourth-order valence-electron chi connectivity index (χ4n) is 2.35. The lowest BCUT2D eigenvalue weighted by Crippen LogP contribution is -2.32. The van der Waals surface area contributed by atoms with Crippen molar-refractivity contribution in [3.05, 3.63) is 49.8 Å². The molecule has 3 rings (SSSR count). The van der Waals surface area contributed by atoms with E-state index in [0.29, 0.717) is 0 Å². The molecule has 0 aliphatic carbocycles. The zero-order valence-corrected chi connectivity index (χ0v) is 13.1. The number of benzene rings is 1. The molecule has 24 heavy (non-hydrogen) atoms. The topological polar surface area (TPSA) is 101 Å². The number of rotatable bonds is 1. The van der Waals surface area contributed by atoms with Crippen molar-refractivity contribution in [2.45, 2.75) is 0 Å². The van der Waals surface area contributed by atoms with Gasteiger partial charge in [0, 0.05) is 21.1 Å². The van der Waals surface area contributed by atoms with Crippen molar-refractivity contribution in [2.75, 3.05) is 19.4 Å². The molecule has 1 aromatic carbocycles. The van der Waals surface area contributed by atoms with Crippen LogP contribution in [0, 0.1) is 6.57 Å². The zero-order chi connectivity index (χ0) is 17.6. The number of aryl methyl sites for hydroxylation is 1. The van der Waals surface area contributed by atoms with Gasteiger partial charge in [-0.15, -0.1) is 0 Å². The average molecular weight is 327 g/mol. The van der Waals surface area contributed by atoms with Gasteiger partial charge in [-0.05, 0) is 12.1 Å². The van der Waals surface area contributed by atoms with Crippen molar-refractivity contribution in [2.24, 2.45) is 7.05 Å². The summed E-state index contributed by atoms with van der Waals surface area (Å²) in [5, 5.41) is 5.14. The maximum atomic E-state index is 12.4. The molecule has 9 heteroatoms. The van der Waals surface area contributed by atoms with E-state index in [9.17, 15) is 14.4 Å². The largest absolute Gasteiger partial charge is 0.446 e. The summed E-state index contributed by atoms with van der Waals surface area (Å²) < 4.78 is 6.60. The fourth-order valence-corrected chi connectivity index (χ4v) is 2.35. The molecule has 0 spiro atoms. The second kappa shape index (κ2) is 5.27.